The second kappa shape index (κ2) is 12.1. The monoisotopic (exact) mass is 565 g/mol. The van der Waals surface area contributed by atoms with E-state index < -0.39 is 10.1 Å². The molecule has 0 fully saturated rings. The minimum absolute atomic E-state index is 0.201. The van der Waals surface area contributed by atoms with Crippen molar-refractivity contribution in [2.75, 3.05) is 12.3 Å². The van der Waals surface area contributed by atoms with Gasteiger partial charge >= 0.3 is 0 Å². The summed E-state index contributed by atoms with van der Waals surface area (Å²) in [5.74, 6) is -0.217. The van der Waals surface area contributed by atoms with Crippen molar-refractivity contribution in [2.24, 2.45) is 4.99 Å². The number of hydrogen-bond donors (Lipinski definition) is 1. The molecule has 0 radical (unpaired) electrons. The van der Waals surface area contributed by atoms with Crippen LogP contribution in [0.15, 0.2) is 93.2 Å². The first-order valence-electron chi connectivity index (χ1n) is 12.7. The van der Waals surface area contributed by atoms with E-state index in [1.54, 1.807) is 11.8 Å². The number of para-hydroxylation sites is 1. The molecule has 1 N–H and O–H groups in total. The second-order valence-electron chi connectivity index (χ2n) is 10.1. The third kappa shape index (κ3) is 6.68. The van der Waals surface area contributed by atoms with E-state index in [1.165, 1.54) is 21.8 Å². The molecule has 0 saturated heterocycles. The third-order valence-corrected chi connectivity index (χ3v) is 9.20. The summed E-state index contributed by atoms with van der Waals surface area (Å²) in [6.45, 7) is 9.52. The van der Waals surface area contributed by atoms with Gasteiger partial charge in [0.25, 0.3) is 10.1 Å². The first-order valence-corrected chi connectivity index (χ1v) is 15.6. The number of unbranched alkanes of at least 4 members (excludes halogenated alkanes) is 1. The van der Waals surface area contributed by atoms with Crippen LogP contribution in [0, 0.1) is 0 Å². The SMILES string of the molecule is C=C1CCCC(/C=C/C2=[N+](CCCCS(=O)(=O)O)c3ccccc3C2(C)C)=C1Sc1ccc(N=C=S)cc1. The van der Waals surface area contributed by atoms with Crippen molar-refractivity contribution < 1.29 is 17.5 Å². The summed E-state index contributed by atoms with van der Waals surface area (Å²) in [6, 6.07) is 16.4. The molecule has 1 heterocycles. The Morgan fingerprint density at radius 1 is 1.13 bits per heavy atom. The zero-order valence-corrected chi connectivity index (χ0v) is 24.3. The maximum absolute atomic E-state index is 11.2. The number of benzene rings is 2. The van der Waals surface area contributed by atoms with Crippen LogP contribution in [0.1, 0.15) is 51.5 Å². The predicted octanol–water partition coefficient (Wildman–Crippen LogP) is 7.81. The molecular weight excluding hydrogens is 533 g/mol. The van der Waals surface area contributed by atoms with Crippen LogP contribution in [-0.4, -0.2) is 40.7 Å². The Bertz CT molecular complexity index is 1480. The largest absolute Gasteiger partial charge is 0.286 e. The zero-order chi connectivity index (χ0) is 27.3. The van der Waals surface area contributed by atoms with Gasteiger partial charge in [-0.05, 0) is 87.2 Å². The number of fused-ring (bicyclic) bond motifs is 1. The number of thioether (sulfide) groups is 1. The van der Waals surface area contributed by atoms with Gasteiger partial charge in [-0.1, -0.05) is 42.6 Å². The van der Waals surface area contributed by atoms with Crippen LogP contribution in [0.25, 0.3) is 0 Å². The van der Waals surface area contributed by atoms with E-state index in [-0.39, 0.29) is 11.2 Å². The van der Waals surface area contributed by atoms with E-state index in [0.717, 1.165) is 41.1 Å². The Kier molecular flexibility index (Phi) is 9.01. The standard InChI is InChI=1S/C30H32N2O3S3/c1-22-9-8-10-23(29(22)37-25-16-14-24(15-17-25)31-21-36)13-18-28-30(2,3)26-11-4-5-12-27(26)32(28)19-6-7-20-38(33,34)35/h4-5,11-18H,1,6-10,19-20H2,2-3H3/p+1/b18-13+. The second-order valence-corrected chi connectivity index (χ2v) is 13.0. The fourth-order valence-corrected chi connectivity index (χ4v) is 6.85. The minimum atomic E-state index is -3.95. The van der Waals surface area contributed by atoms with Crippen LogP contribution in [-0.2, 0) is 15.5 Å². The topological polar surface area (TPSA) is 69.7 Å². The van der Waals surface area contributed by atoms with Crippen LogP contribution < -0.4 is 0 Å². The van der Waals surface area contributed by atoms with Crippen molar-refractivity contribution in [2.45, 2.75) is 56.3 Å². The van der Waals surface area contributed by atoms with Gasteiger partial charge < -0.3 is 0 Å². The summed E-state index contributed by atoms with van der Waals surface area (Å²) in [4.78, 5) is 6.38. The van der Waals surface area contributed by atoms with Gasteiger partial charge in [0.15, 0.2) is 5.71 Å². The molecular formula is C30H33N2O3S3+. The van der Waals surface area contributed by atoms with Gasteiger partial charge in [-0.2, -0.15) is 18.0 Å². The average molecular weight is 566 g/mol. The van der Waals surface area contributed by atoms with Gasteiger partial charge in [0.05, 0.1) is 22.0 Å². The van der Waals surface area contributed by atoms with E-state index in [9.17, 15) is 8.42 Å². The molecule has 0 atom stereocenters. The number of thiocarbonyl (C=S) groups is 1. The van der Waals surface area contributed by atoms with E-state index in [4.69, 9.17) is 16.8 Å². The van der Waals surface area contributed by atoms with Crippen molar-refractivity contribution in [3.8, 4) is 0 Å². The number of hydrogen-bond acceptors (Lipinski definition) is 5. The fraction of sp³-hybridized carbons (Fsp3) is 0.333. The van der Waals surface area contributed by atoms with Gasteiger partial charge in [-0.15, -0.1) is 0 Å². The van der Waals surface area contributed by atoms with Gasteiger partial charge in [-0.25, -0.2) is 0 Å². The van der Waals surface area contributed by atoms with E-state index >= 15 is 0 Å². The Morgan fingerprint density at radius 2 is 1.87 bits per heavy atom. The molecule has 198 valence electrons. The highest BCUT2D eigenvalue weighted by Gasteiger charge is 2.43. The molecule has 2 aromatic rings. The lowest BCUT2D eigenvalue weighted by molar-refractivity contribution is -0.438. The van der Waals surface area contributed by atoms with Crippen molar-refractivity contribution in [3.05, 3.63) is 88.9 Å². The molecule has 38 heavy (non-hydrogen) atoms. The summed E-state index contributed by atoms with van der Waals surface area (Å²) in [5.41, 5.74) is 6.61. The number of nitrogens with zero attached hydrogens (tertiary/aromatic N) is 2. The van der Waals surface area contributed by atoms with Gasteiger partial charge in [-0.3, -0.25) is 4.55 Å². The average Bonchev–Trinajstić information content (AvgIpc) is 3.09. The van der Waals surface area contributed by atoms with Crippen molar-refractivity contribution in [1.29, 1.82) is 0 Å². The fourth-order valence-electron chi connectivity index (χ4n) is 5.12. The predicted molar refractivity (Wildman–Crippen MR) is 161 cm³/mol. The lowest BCUT2D eigenvalue weighted by atomic mass is 9.81. The molecule has 1 aliphatic heterocycles. The smallest absolute Gasteiger partial charge is 0.264 e. The molecule has 0 aromatic heterocycles. The van der Waals surface area contributed by atoms with Crippen molar-refractivity contribution in [3.63, 3.8) is 0 Å². The Balaban J connectivity index is 1.66. The highest BCUT2D eigenvalue weighted by atomic mass is 32.2. The molecule has 0 saturated carbocycles. The van der Waals surface area contributed by atoms with Crippen LogP contribution in [0.4, 0.5) is 11.4 Å². The highest BCUT2D eigenvalue weighted by molar-refractivity contribution is 8.03. The molecule has 0 unspecified atom stereocenters. The molecule has 4 rings (SSSR count). The maximum Gasteiger partial charge on any atom is 0.264 e. The molecule has 0 spiro atoms. The number of isothiocyanates is 1. The third-order valence-electron chi connectivity index (χ3n) is 7.04. The summed E-state index contributed by atoms with van der Waals surface area (Å²) >= 11 is 6.44. The lowest BCUT2D eigenvalue weighted by Gasteiger charge is -2.21. The Morgan fingerprint density at radius 3 is 2.58 bits per heavy atom. The number of rotatable bonds is 10. The maximum atomic E-state index is 11.2. The zero-order valence-electron chi connectivity index (χ0n) is 21.8. The van der Waals surface area contributed by atoms with Crippen molar-refractivity contribution >= 4 is 56.3 Å². The van der Waals surface area contributed by atoms with Crippen molar-refractivity contribution in [1.82, 2.24) is 0 Å². The number of aliphatic imine (C=N–C) groups is 1. The Hall–Kier alpha value is -2.61. The molecule has 2 aromatic carbocycles. The lowest BCUT2D eigenvalue weighted by Crippen LogP contribution is -2.28. The molecule has 8 heteroatoms. The molecule has 0 bridgehead atoms. The number of allylic oxidation sites excluding steroid dienone is 4. The summed E-state index contributed by atoms with van der Waals surface area (Å²) < 4.78 is 33.8. The van der Waals surface area contributed by atoms with Crippen LogP contribution in [0.5, 0.6) is 0 Å². The van der Waals surface area contributed by atoms with E-state index in [2.05, 4.69) is 65.5 Å². The first kappa shape index (κ1) is 28.4. The molecule has 0 amide bonds. The molecule has 5 nitrogen and oxygen atoms in total. The minimum Gasteiger partial charge on any atom is -0.286 e. The van der Waals surface area contributed by atoms with Gasteiger partial charge in [0.1, 0.15) is 6.54 Å². The normalized spacial score (nSPS) is 17.2. The first-order chi connectivity index (χ1) is 18.1. The van der Waals surface area contributed by atoms with Gasteiger partial charge in [0.2, 0.25) is 5.69 Å². The van der Waals surface area contributed by atoms with Crippen LogP contribution >= 0.6 is 24.0 Å². The van der Waals surface area contributed by atoms with E-state index in [1.807, 2.05) is 30.3 Å². The quantitative estimate of drug-likeness (QED) is 0.105. The van der Waals surface area contributed by atoms with Gasteiger partial charge in [0, 0.05) is 33.9 Å². The molecule has 1 aliphatic carbocycles. The molecule has 2 aliphatic rings. The van der Waals surface area contributed by atoms with Crippen LogP contribution in [0.2, 0.25) is 0 Å². The van der Waals surface area contributed by atoms with E-state index in [0.29, 0.717) is 19.4 Å². The summed E-state index contributed by atoms with van der Waals surface area (Å²) in [5, 5.41) is 2.41. The summed E-state index contributed by atoms with van der Waals surface area (Å²) in [6.07, 6.45) is 8.59. The highest BCUT2D eigenvalue weighted by Crippen LogP contribution is 2.43. The Labute approximate surface area is 235 Å². The van der Waals surface area contributed by atoms with Crippen LogP contribution in [0.3, 0.4) is 0 Å². The summed E-state index contributed by atoms with van der Waals surface area (Å²) in [7, 11) is -3.95.